The monoisotopic (exact) mass is 265 g/mol. The summed E-state index contributed by atoms with van der Waals surface area (Å²) in [6.45, 7) is 12.4. The lowest BCUT2D eigenvalue weighted by Crippen LogP contribution is -2.05. The molecule has 19 heavy (non-hydrogen) atoms. The Hall–Kier alpha value is -0.860. The minimum Gasteiger partial charge on any atom is -0.252 e. The average Bonchev–Trinajstić information content (AvgIpc) is 2.70. The first-order valence-electron chi connectivity index (χ1n) is 7.76. The summed E-state index contributed by atoms with van der Waals surface area (Å²) in [5.41, 5.74) is 1.57. The number of nitrogens with zero attached hydrogens (tertiary/aromatic N) is 3. The molecule has 0 radical (unpaired) electrons. The van der Waals surface area contributed by atoms with Gasteiger partial charge >= 0.3 is 0 Å². The first-order chi connectivity index (χ1) is 8.87. The molecular formula is C16H31N3. The third-order valence-corrected chi connectivity index (χ3v) is 3.36. The van der Waals surface area contributed by atoms with Crippen molar-refractivity contribution in [2.24, 2.45) is 11.3 Å². The van der Waals surface area contributed by atoms with Gasteiger partial charge in [0.25, 0.3) is 0 Å². The highest BCUT2D eigenvalue weighted by atomic mass is 15.4. The van der Waals surface area contributed by atoms with Crippen molar-refractivity contribution in [2.75, 3.05) is 0 Å². The minimum atomic E-state index is 0.423. The van der Waals surface area contributed by atoms with Crippen LogP contribution in [0.1, 0.15) is 72.4 Å². The van der Waals surface area contributed by atoms with E-state index in [-0.39, 0.29) is 0 Å². The quantitative estimate of drug-likeness (QED) is 0.649. The Bertz CT molecular complexity index is 347. The lowest BCUT2D eigenvalue weighted by Gasteiger charge is -2.16. The van der Waals surface area contributed by atoms with E-state index in [4.69, 9.17) is 0 Å². The first kappa shape index (κ1) is 16.2. The molecule has 0 unspecified atom stereocenters. The molecule has 1 heterocycles. The SMILES string of the molecule is CC(C)CCCCn1cc(CCCC(C)(C)C)nn1. The number of rotatable bonds is 8. The van der Waals surface area contributed by atoms with Crippen molar-refractivity contribution in [1.29, 1.82) is 0 Å². The second kappa shape index (κ2) is 7.66. The molecule has 1 aromatic heterocycles. The minimum absolute atomic E-state index is 0.423. The van der Waals surface area contributed by atoms with E-state index in [1.165, 1.54) is 32.1 Å². The lowest BCUT2D eigenvalue weighted by molar-refractivity contribution is 0.365. The van der Waals surface area contributed by atoms with Crippen LogP contribution in [0, 0.1) is 11.3 Å². The van der Waals surface area contributed by atoms with Gasteiger partial charge in [-0.3, -0.25) is 4.68 Å². The van der Waals surface area contributed by atoms with Crippen molar-refractivity contribution >= 4 is 0 Å². The van der Waals surface area contributed by atoms with E-state index in [0.717, 1.165) is 24.6 Å². The van der Waals surface area contributed by atoms with E-state index in [9.17, 15) is 0 Å². The van der Waals surface area contributed by atoms with Gasteiger partial charge in [-0.2, -0.15) is 0 Å². The number of aryl methyl sites for hydroxylation is 2. The Kier molecular flexibility index (Phi) is 6.53. The normalized spacial score (nSPS) is 12.3. The molecule has 110 valence electrons. The van der Waals surface area contributed by atoms with Crippen molar-refractivity contribution in [3.8, 4) is 0 Å². The fourth-order valence-electron chi connectivity index (χ4n) is 2.19. The third kappa shape index (κ3) is 8.02. The predicted molar refractivity (Wildman–Crippen MR) is 81.1 cm³/mol. The summed E-state index contributed by atoms with van der Waals surface area (Å²) in [4.78, 5) is 0. The molecule has 1 rings (SSSR count). The van der Waals surface area contributed by atoms with Crippen molar-refractivity contribution in [2.45, 2.75) is 79.7 Å². The van der Waals surface area contributed by atoms with Gasteiger partial charge in [0.1, 0.15) is 0 Å². The fourth-order valence-corrected chi connectivity index (χ4v) is 2.19. The first-order valence-corrected chi connectivity index (χ1v) is 7.76. The molecule has 0 aliphatic carbocycles. The van der Waals surface area contributed by atoms with Crippen LogP contribution in [0.25, 0.3) is 0 Å². The van der Waals surface area contributed by atoms with Gasteiger partial charge in [0.2, 0.25) is 0 Å². The van der Waals surface area contributed by atoms with Gasteiger partial charge in [-0.05, 0) is 37.0 Å². The van der Waals surface area contributed by atoms with Gasteiger partial charge in [-0.15, -0.1) is 5.10 Å². The van der Waals surface area contributed by atoms with Crippen LogP contribution in [0.3, 0.4) is 0 Å². The van der Waals surface area contributed by atoms with Crippen LogP contribution in [-0.4, -0.2) is 15.0 Å². The van der Waals surface area contributed by atoms with Gasteiger partial charge in [-0.1, -0.05) is 52.7 Å². The van der Waals surface area contributed by atoms with Crippen LogP contribution in [-0.2, 0) is 13.0 Å². The zero-order chi connectivity index (χ0) is 14.3. The average molecular weight is 265 g/mol. The predicted octanol–water partition coefficient (Wildman–Crippen LogP) is 4.47. The number of hydrogen-bond donors (Lipinski definition) is 0. The van der Waals surface area contributed by atoms with Gasteiger partial charge in [0, 0.05) is 12.7 Å². The fraction of sp³-hybridized carbons (Fsp3) is 0.875. The van der Waals surface area contributed by atoms with Crippen molar-refractivity contribution in [3.63, 3.8) is 0 Å². The zero-order valence-electron chi connectivity index (χ0n) is 13.4. The smallest absolute Gasteiger partial charge is 0.0827 e. The van der Waals surface area contributed by atoms with E-state index in [0.29, 0.717) is 5.41 Å². The van der Waals surface area contributed by atoms with E-state index < -0.39 is 0 Å². The van der Waals surface area contributed by atoms with Crippen LogP contribution >= 0.6 is 0 Å². The number of hydrogen-bond acceptors (Lipinski definition) is 2. The molecule has 0 atom stereocenters. The molecule has 1 aromatic rings. The van der Waals surface area contributed by atoms with Crippen LogP contribution in [0.5, 0.6) is 0 Å². The molecule has 0 bridgehead atoms. The van der Waals surface area contributed by atoms with Crippen molar-refractivity contribution in [3.05, 3.63) is 11.9 Å². The highest BCUT2D eigenvalue weighted by molar-refractivity contribution is 4.92. The summed E-state index contributed by atoms with van der Waals surface area (Å²) in [6, 6.07) is 0. The van der Waals surface area contributed by atoms with Crippen molar-refractivity contribution < 1.29 is 0 Å². The maximum atomic E-state index is 4.26. The van der Waals surface area contributed by atoms with Gasteiger partial charge < -0.3 is 0 Å². The summed E-state index contributed by atoms with van der Waals surface area (Å²) in [6.07, 6.45) is 9.44. The summed E-state index contributed by atoms with van der Waals surface area (Å²) >= 11 is 0. The molecule has 0 saturated heterocycles. The maximum absolute atomic E-state index is 4.26. The zero-order valence-corrected chi connectivity index (χ0v) is 13.4. The largest absolute Gasteiger partial charge is 0.252 e. The Labute approximate surface area is 118 Å². The number of aromatic nitrogens is 3. The van der Waals surface area contributed by atoms with Crippen LogP contribution in [0.4, 0.5) is 0 Å². The Morgan fingerprint density at radius 2 is 1.89 bits per heavy atom. The molecule has 0 saturated carbocycles. The molecule has 0 aliphatic rings. The lowest BCUT2D eigenvalue weighted by atomic mass is 9.89. The molecule has 0 aliphatic heterocycles. The summed E-state index contributed by atoms with van der Waals surface area (Å²) in [5, 5.41) is 8.48. The van der Waals surface area contributed by atoms with E-state index in [1.54, 1.807) is 0 Å². The van der Waals surface area contributed by atoms with Crippen LogP contribution in [0.15, 0.2) is 6.20 Å². The highest BCUT2D eigenvalue weighted by Crippen LogP contribution is 2.21. The molecular weight excluding hydrogens is 234 g/mol. The van der Waals surface area contributed by atoms with E-state index in [1.807, 2.05) is 4.68 Å². The third-order valence-electron chi connectivity index (χ3n) is 3.36. The summed E-state index contributed by atoms with van der Waals surface area (Å²) in [7, 11) is 0. The molecule has 0 aromatic carbocycles. The van der Waals surface area contributed by atoms with Crippen LogP contribution in [0.2, 0.25) is 0 Å². The molecule has 0 spiro atoms. The van der Waals surface area contributed by atoms with Crippen LogP contribution < -0.4 is 0 Å². The van der Waals surface area contributed by atoms with Gasteiger partial charge in [0.15, 0.2) is 0 Å². The number of unbranched alkanes of at least 4 members (excludes halogenated alkanes) is 1. The van der Waals surface area contributed by atoms with E-state index in [2.05, 4.69) is 51.1 Å². The highest BCUT2D eigenvalue weighted by Gasteiger charge is 2.10. The Morgan fingerprint density at radius 3 is 2.53 bits per heavy atom. The molecule has 0 N–H and O–H groups in total. The van der Waals surface area contributed by atoms with E-state index >= 15 is 0 Å². The second-order valence-electron chi connectivity index (χ2n) is 7.28. The molecule has 3 nitrogen and oxygen atoms in total. The Balaban J connectivity index is 2.21. The standard InChI is InChI=1S/C16H31N3/c1-14(2)9-6-7-12-19-13-15(17-18-19)10-8-11-16(3,4)5/h13-14H,6-12H2,1-5H3. The summed E-state index contributed by atoms with van der Waals surface area (Å²) < 4.78 is 2.01. The van der Waals surface area contributed by atoms with Gasteiger partial charge in [0.05, 0.1) is 5.69 Å². The molecule has 0 amide bonds. The molecule has 0 fully saturated rings. The summed E-state index contributed by atoms with van der Waals surface area (Å²) in [5.74, 6) is 0.809. The second-order valence-corrected chi connectivity index (χ2v) is 7.28. The Morgan fingerprint density at radius 1 is 1.16 bits per heavy atom. The topological polar surface area (TPSA) is 30.7 Å². The molecule has 3 heteroatoms. The van der Waals surface area contributed by atoms with Crippen molar-refractivity contribution in [1.82, 2.24) is 15.0 Å². The maximum Gasteiger partial charge on any atom is 0.0827 e. The van der Waals surface area contributed by atoms with Gasteiger partial charge in [-0.25, -0.2) is 0 Å².